The van der Waals surface area contributed by atoms with Gasteiger partial charge in [-0.2, -0.15) is 0 Å². The monoisotopic (exact) mass is 320 g/mol. The second kappa shape index (κ2) is 7.44. The zero-order valence-corrected chi connectivity index (χ0v) is 12.8. The van der Waals surface area contributed by atoms with E-state index in [0.717, 1.165) is 0 Å². The Kier molecular flexibility index (Phi) is 5.35. The fourth-order valence-corrected chi connectivity index (χ4v) is 1.91. The van der Waals surface area contributed by atoms with Crippen molar-refractivity contribution in [2.75, 3.05) is 19.0 Å². The van der Waals surface area contributed by atoms with Gasteiger partial charge in [0.05, 0.1) is 25.0 Å². The Hall–Kier alpha value is -2.83. The van der Waals surface area contributed by atoms with Crippen molar-refractivity contribution in [3.05, 3.63) is 42.4 Å². The first-order chi connectivity index (χ1) is 11.0. The van der Waals surface area contributed by atoms with Crippen molar-refractivity contribution in [1.82, 2.24) is 5.32 Å². The van der Waals surface area contributed by atoms with Gasteiger partial charge in [-0.1, -0.05) is 6.92 Å². The molecule has 122 valence electrons. The Labute approximate surface area is 132 Å². The molecule has 1 heterocycles. The van der Waals surface area contributed by atoms with Gasteiger partial charge in [0.15, 0.2) is 0 Å². The molecule has 7 heteroatoms. The number of rotatable bonds is 5. The van der Waals surface area contributed by atoms with E-state index in [1.54, 1.807) is 25.1 Å². The van der Waals surface area contributed by atoms with Crippen molar-refractivity contribution in [3.8, 4) is 11.3 Å². The first-order valence-corrected chi connectivity index (χ1v) is 6.97. The van der Waals surface area contributed by atoms with E-state index in [0.29, 0.717) is 11.3 Å². The zero-order valence-electron chi connectivity index (χ0n) is 12.8. The van der Waals surface area contributed by atoms with E-state index in [-0.39, 0.29) is 12.2 Å². The summed E-state index contributed by atoms with van der Waals surface area (Å²) >= 11 is 0. The highest BCUT2D eigenvalue weighted by Crippen LogP contribution is 2.25. The molecule has 0 aliphatic carbocycles. The van der Waals surface area contributed by atoms with E-state index < -0.39 is 23.7 Å². The van der Waals surface area contributed by atoms with Gasteiger partial charge in [-0.25, -0.2) is 9.18 Å². The van der Waals surface area contributed by atoms with Crippen molar-refractivity contribution >= 4 is 17.7 Å². The lowest BCUT2D eigenvalue weighted by Crippen LogP contribution is -2.35. The van der Waals surface area contributed by atoms with Crippen molar-refractivity contribution in [3.63, 3.8) is 0 Å². The summed E-state index contributed by atoms with van der Waals surface area (Å²) in [5.41, 5.74) is 0.650. The molecule has 2 aromatic rings. The number of carbonyl (C=O) groups excluding carboxylic acids is 2. The average Bonchev–Trinajstić information content (AvgIpc) is 3.08. The van der Waals surface area contributed by atoms with Crippen LogP contribution in [-0.2, 0) is 9.53 Å². The first kappa shape index (κ1) is 16.5. The minimum Gasteiger partial charge on any atom is -0.469 e. The van der Waals surface area contributed by atoms with Gasteiger partial charge in [0.1, 0.15) is 11.6 Å². The quantitative estimate of drug-likeness (QED) is 0.830. The lowest BCUT2D eigenvalue weighted by Gasteiger charge is -2.12. The Balaban J connectivity index is 2.00. The number of nitrogens with one attached hydrogen (secondary N) is 2. The number of ether oxygens (including phenoxy) is 1. The summed E-state index contributed by atoms with van der Waals surface area (Å²) in [5.74, 6) is -0.939. The largest absolute Gasteiger partial charge is 0.469 e. The van der Waals surface area contributed by atoms with Crippen LogP contribution in [0.5, 0.6) is 0 Å². The number of anilines is 1. The fourth-order valence-electron chi connectivity index (χ4n) is 1.91. The molecule has 0 aliphatic heterocycles. The van der Waals surface area contributed by atoms with Gasteiger partial charge >= 0.3 is 12.0 Å². The van der Waals surface area contributed by atoms with E-state index >= 15 is 0 Å². The van der Waals surface area contributed by atoms with Crippen LogP contribution in [0.1, 0.15) is 6.92 Å². The molecule has 1 aromatic heterocycles. The standard InChI is InChI=1S/C16H17FN2O4/c1-10(15(20)22-2)9-18-16(21)19-13-8-11(5-6-12(13)17)14-4-3-7-23-14/h3-8,10H,9H2,1-2H3,(H2,18,19,21)/t10-/m0/s1. The number of benzene rings is 1. The lowest BCUT2D eigenvalue weighted by atomic mass is 10.1. The van der Waals surface area contributed by atoms with E-state index in [1.165, 1.54) is 25.5 Å². The molecule has 0 saturated carbocycles. The summed E-state index contributed by atoms with van der Waals surface area (Å²) in [4.78, 5) is 23.1. The van der Waals surface area contributed by atoms with Gasteiger partial charge in [-0.05, 0) is 30.3 Å². The van der Waals surface area contributed by atoms with Gasteiger partial charge in [0.2, 0.25) is 0 Å². The number of amides is 2. The molecule has 0 saturated heterocycles. The SMILES string of the molecule is COC(=O)[C@@H](C)CNC(=O)Nc1cc(-c2ccco2)ccc1F. The van der Waals surface area contributed by atoms with Crippen LogP contribution < -0.4 is 10.6 Å². The summed E-state index contributed by atoms with van der Waals surface area (Å²) < 4.78 is 23.6. The van der Waals surface area contributed by atoms with Crippen molar-refractivity contribution in [2.24, 2.45) is 5.92 Å². The molecule has 1 aromatic carbocycles. The molecule has 0 unspecified atom stereocenters. The minimum absolute atomic E-state index is 0.0159. The maximum atomic E-state index is 13.8. The maximum absolute atomic E-state index is 13.8. The van der Waals surface area contributed by atoms with Crippen LogP contribution in [0.3, 0.4) is 0 Å². The Morgan fingerprint density at radius 1 is 1.35 bits per heavy atom. The fraction of sp³-hybridized carbons (Fsp3) is 0.250. The second-order valence-corrected chi connectivity index (χ2v) is 4.93. The van der Waals surface area contributed by atoms with Crippen LogP contribution in [0, 0.1) is 11.7 Å². The summed E-state index contributed by atoms with van der Waals surface area (Å²) in [6, 6.07) is 7.09. The van der Waals surface area contributed by atoms with Gasteiger partial charge in [0, 0.05) is 12.1 Å². The Morgan fingerprint density at radius 2 is 2.13 bits per heavy atom. The Bertz CT molecular complexity index is 685. The predicted octanol–water partition coefficient (Wildman–Crippen LogP) is 3.02. The second-order valence-electron chi connectivity index (χ2n) is 4.93. The van der Waals surface area contributed by atoms with Crippen LogP contribution in [0.15, 0.2) is 41.0 Å². The molecule has 0 radical (unpaired) electrons. The van der Waals surface area contributed by atoms with Gasteiger partial charge in [0.25, 0.3) is 0 Å². The van der Waals surface area contributed by atoms with Crippen LogP contribution in [0.2, 0.25) is 0 Å². The van der Waals surface area contributed by atoms with Gasteiger partial charge < -0.3 is 19.8 Å². The number of carbonyl (C=O) groups is 2. The van der Waals surface area contributed by atoms with Crippen LogP contribution in [-0.4, -0.2) is 25.7 Å². The van der Waals surface area contributed by atoms with Crippen molar-refractivity contribution in [1.29, 1.82) is 0 Å². The van der Waals surface area contributed by atoms with E-state index in [9.17, 15) is 14.0 Å². The molecule has 2 amide bonds. The van der Waals surface area contributed by atoms with Gasteiger partial charge in [-0.15, -0.1) is 0 Å². The number of esters is 1. The molecule has 0 fully saturated rings. The average molecular weight is 320 g/mol. The highest BCUT2D eigenvalue weighted by molar-refractivity contribution is 5.90. The summed E-state index contributed by atoms with van der Waals surface area (Å²) in [6.45, 7) is 1.70. The molecule has 2 N–H and O–H groups in total. The zero-order chi connectivity index (χ0) is 16.8. The first-order valence-electron chi connectivity index (χ1n) is 6.97. The Morgan fingerprint density at radius 3 is 2.78 bits per heavy atom. The molecular weight excluding hydrogens is 303 g/mol. The molecule has 1 atom stereocenters. The third-order valence-corrected chi connectivity index (χ3v) is 3.19. The molecule has 0 spiro atoms. The van der Waals surface area contributed by atoms with E-state index in [2.05, 4.69) is 15.4 Å². The molecule has 23 heavy (non-hydrogen) atoms. The maximum Gasteiger partial charge on any atom is 0.319 e. The van der Waals surface area contributed by atoms with Crippen molar-refractivity contribution in [2.45, 2.75) is 6.92 Å². The molecule has 2 rings (SSSR count). The highest BCUT2D eigenvalue weighted by atomic mass is 19.1. The van der Waals surface area contributed by atoms with E-state index in [4.69, 9.17) is 4.42 Å². The minimum atomic E-state index is -0.615. The van der Waals surface area contributed by atoms with Crippen LogP contribution >= 0.6 is 0 Å². The number of hydrogen-bond acceptors (Lipinski definition) is 4. The van der Waals surface area contributed by atoms with E-state index in [1.807, 2.05) is 0 Å². The number of halogens is 1. The summed E-state index contributed by atoms with van der Waals surface area (Å²) in [6.07, 6.45) is 1.51. The third-order valence-electron chi connectivity index (χ3n) is 3.19. The molecule has 0 aliphatic rings. The van der Waals surface area contributed by atoms with Crippen LogP contribution in [0.4, 0.5) is 14.9 Å². The topological polar surface area (TPSA) is 80.6 Å². The normalized spacial score (nSPS) is 11.6. The number of furan rings is 1. The smallest absolute Gasteiger partial charge is 0.319 e. The number of methoxy groups -OCH3 is 1. The summed E-state index contributed by atoms with van der Waals surface area (Å²) in [5, 5.41) is 4.89. The summed E-state index contributed by atoms with van der Waals surface area (Å²) in [7, 11) is 1.27. The van der Waals surface area contributed by atoms with Crippen LogP contribution in [0.25, 0.3) is 11.3 Å². The highest BCUT2D eigenvalue weighted by Gasteiger charge is 2.15. The third kappa shape index (κ3) is 4.32. The lowest BCUT2D eigenvalue weighted by molar-refractivity contribution is -0.144. The number of urea groups is 1. The van der Waals surface area contributed by atoms with Gasteiger partial charge in [-0.3, -0.25) is 4.79 Å². The predicted molar refractivity (Wildman–Crippen MR) is 82.3 cm³/mol. The molecule has 0 bridgehead atoms. The molecular formula is C16H17FN2O4. The number of hydrogen-bond donors (Lipinski definition) is 2. The van der Waals surface area contributed by atoms with Crippen molar-refractivity contribution < 1.29 is 23.1 Å². The molecule has 6 nitrogen and oxygen atoms in total.